The predicted molar refractivity (Wildman–Crippen MR) is 104 cm³/mol. The molecule has 0 saturated heterocycles. The van der Waals surface area contributed by atoms with E-state index in [4.69, 9.17) is 9.57 Å². The van der Waals surface area contributed by atoms with Gasteiger partial charge in [0.25, 0.3) is 11.8 Å². The molecule has 0 bridgehead atoms. The lowest BCUT2D eigenvalue weighted by atomic mass is 10.1. The molecule has 6 nitrogen and oxygen atoms in total. The Morgan fingerprint density at radius 1 is 0.724 bits per heavy atom. The van der Waals surface area contributed by atoms with Crippen molar-refractivity contribution < 1.29 is 24.0 Å². The quantitative estimate of drug-likeness (QED) is 0.605. The van der Waals surface area contributed by atoms with E-state index in [-0.39, 0.29) is 17.5 Å². The number of carbonyl (C=O) groups is 3. The maximum Gasteiger partial charge on any atom is 0.337 e. The van der Waals surface area contributed by atoms with E-state index in [1.54, 1.807) is 36.4 Å². The second-order valence-corrected chi connectivity index (χ2v) is 6.51. The van der Waals surface area contributed by atoms with Crippen LogP contribution in [0.2, 0.25) is 0 Å². The molecular formula is C23H17NO5. The van der Waals surface area contributed by atoms with Crippen molar-refractivity contribution in [2.24, 2.45) is 0 Å². The highest BCUT2D eigenvalue weighted by atomic mass is 16.7. The van der Waals surface area contributed by atoms with Crippen molar-refractivity contribution in [2.75, 3.05) is 0 Å². The maximum absolute atomic E-state index is 12.2. The molecule has 29 heavy (non-hydrogen) atoms. The summed E-state index contributed by atoms with van der Waals surface area (Å²) in [5, 5.41) is 0.518. The number of amides is 2. The molecule has 0 spiro atoms. The van der Waals surface area contributed by atoms with Gasteiger partial charge in [-0.1, -0.05) is 59.7 Å². The van der Waals surface area contributed by atoms with Crippen LogP contribution >= 0.6 is 0 Å². The fraction of sp³-hybridized carbons (Fsp3) is 0.0870. The molecule has 3 aromatic carbocycles. The Morgan fingerprint density at radius 3 is 1.93 bits per heavy atom. The van der Waals surface area contributed by atoms with Crippen molar-refractivity contribution in [1.82, 2.24) is 5.06 Å². The molecule has 6 heteroatoms. The first-order valence-electron chi connectivity index (χ1n) is 9.06. The molecule has 0 atom stereocenters. The first-order valence-corrected chi connectivity index (χ1v) is 9.06. The van der Waals surface area contributed by atoms with Gasteiger partial charge < -0.3 is 9.57 Å². The third kappa shape index (κ3) is 4.01. The Hall–Kier alpha value is -3.93. The first-order chi connectivity index (χ1) is 14.1. The molecule has 144 valence electrons. The molecule has 0 aliphatic carbocycles. The third-order valence-corrected chi connectivity index (χ3v) is 4.47. The highest BCUT2D eigenvalue weighted by Gasteiger charge is 2.38. The van der Waals surface area contributed by atoms with Gasteiger partial charge in [0.1, 0.15) is 12.4 Å². The number of nitrogens with zero attached hydrogens (tertiary/aromatic N) is 1. The van der Waals surface area contributed by atoms with Crippen LogP contribution in [0.25, 0.3) is 0 Å². The van der Waals surface area contributed by atoms with Gasteiger partial charge in [-0.2, -0.15) is 0 Å². The zero-order valence-electron chi connectivity index (χ0n) is 15.4. The highest BCUT2D eigenvalue weighted by Crippen LogP contribution is 2.23. The molecule has 0 aromatic heterocycles. The van der Waals surface area contributed by atoms with Gasteiger partial charge in [-0.3, -0.25) is 9.59 Å². The molecule has 2 amide bonds. The van der Waals surface area contributed by atoms with E-state index in [0.29, 0.717) is 23.0 Å². The van der Waals surface area contributed by atoms with Crippen molar-refractivity contribution in [3.63, 3.8) is 0 Å². The molecular weight excluding hydrogens is 370 g/mol. The van der Waals surface area contributed by atoms with Gasteiger partial charge in [0.05, 0.1) is 17.5 Å². The Kier molecular flexibility index (Phi) is 5.07. The van der Waals surface area contributed by atoms with Crippen LogP contribution in [0.1, 0.15) is 31.8 Å². The molecule has 1 aliphatic heterocycles. The largest absolute Gasteiger partial charge is 0.489 e. The third-order valence-electron chi connectivity index (χ3n) is 4.47. The minimum atomic E-state index is -0.697. The highest BCUT2D eigenvalue weighted by molar-refractivity contribution is 6.20. The van der Waals surface area contributed by atoms with Crippen LogP contribution in [0, 0.1) is 0 Å². The summed E-state index contributed by atoms with van der Waals surface area (Å²) >= 11 is 0. The Labute approximate surface area is 167 Å². The van der Waals surface area contributed by atoms with Gasteiger partial charge in [-0.25, -0.2) is 4.79 Å². The summed E-state index contributed by atoms with van der Waals surface area (Å²) in [4.78, 5) is 41.7. The number of hydroxylamine groups is 2. The molecule has 3 aromatic rings. The van der Waals surface area contributed by atoms with Crippen LogP contribution in [-0.4, -0.2) is 22.8 Å². The smallest absolute Gasteiger partial charge is 0.337 e. The topological polar surface area (TPSA) is 72.9 Å². The lowest BCUT2D eigenvalue weighted by Gasteiger charge is -2.13. The zero-order chi connectivity index (χ0) is 20.2. The van der Waals surface area contributed by atoms with Gasteiger partial charge in [-0.15, -0.1) is 0 Å². The van der Waals surface area contributed by atoms with Crippen molar-refractivity contribution in [3.8, 4) is 5.75 Å². The number of benzene rings is 3. The molecule has 0 N–H and O–H groups in total. The summed E-state index contributed by atoms with van der Waals surface area (Å²) in [7, 11) is 0. The summed E-state index contributed by atoms with van der Waals surface area (Å²) in [6.45, 7) is 0.446. The van der Waals surface area contributed by atoms with Crippen LogP contribution in [0.5, 0.6) is 5.75 Å². The number of imide groups is 1. The Balaban J connectivity index is 1.33. The molecule has 4 rings (SSSR count). The summed E-state index contributed by atoms with van der Waals surface area (Å²) in [5.74, 6) is -1.30. The number of rotatable bonds is 6. The molecule has 0 unspecified atom stereocenters. The van der Waals surface area contributed by atoms with Crippen molar-refractivity contribution in [2.45, 2.75) is 13.0 Å². The summed E-state index contributed by atoms with van der Waals surface area (Å²) in [6.07, 6.45) is -0.0770. The minimum Gasteiger partial charge on any atom is -0.489 e. The van der Waals surface area contributed by atoms with Gasteiger partial charge in [-0.05, 0) is 35.4 Å². The van der Waals surface area contributed by atoms with E-state index in [9.17, 15) is 14.4 Å². The number of carbonyl (C=O) groups excluding carboxylic acids is 3. The number of hydrogen-bond acceptors (Lipinski definition) is 5. The fourth-order valence-electron chi connectivity index (χ4n) is 3.00. The lowest BCUT2D eigenvalue weighted by Crippen LogP contribution is -2.33. The average Bonchev–Trinajstić information content (AvgIpc) is 2.99. The zero-order valence-corrected chi connectivity index (χ0v) is 15.4. The predicted octanol–water partition coefficient (Wildman–Crippen LogP) is 3.56. The van der Waals surface area contributed by atoms with E-state index in [0.717, 1.165) is 5.56 Å². The molecule has 1 aliphatic rings. The first kappa shape index (κ1) is 18.4. The Morgan fingerprint density at radius 2 is 1.31 bits per heavy atom. The van der Waals surface area contributed by atoms with Gasteiger partial charge in [0, 0.05) is 0 Å². The maximum atomic E-state index is 12.2. The molecule has 0 fully saturated rings. The lowest BCUT2D eigenvalue weighted by molar-refractivity contribution is -0.167. The SMILES string of the molecule is O=C(Cc1ccc(OCc2ccccc2)cc1)ON1C(=O)c2ccccc2C1=O. The van der Waals surface area contributed by atoms with Crippen LogP contribution in [0.3, 0.4) is 0 Å². The van der Waals surface area contributed by atoms with Crippen LogP contribution < -0.4 is 4.74 Å². The van der Waals surface area contributed by atoms with Crippen molar-refractivity contribution in [1.29, 1.82) is 0 Å². The van der Waals surface area contributed by atoms with Crippen LogP contribution in [-0.2, 0) is 22.7 Å². The molecule has 1 heterocycles. The Bertz CT molecular complexity index is 1030. The van der Waals surface area contributed by atoms with E-state index < -0.39 is 17.8 Å². The van der Waals surface area contributed by atoms with Gasteiger partial charge >= 0.3 is 5.97 Å². The molecule has 0 radical (unpaired) electrons. The van der Waals surface area contributed by atoms with Crippen molar-refractivity contribution >= 4 is 17.8 Å². The summed E-state index contributed by atoms with van der Waals surface area (Å²) in [6, 6.07) is 23.1. The summed E-state index contributed by atoms with van der Waals surface area (Å²) < 4.78 is 5.71. The second kappa shape index (κ2) is 7.98. The van der Waals surface area contributed by atoms with Gasteiger partial charge in [0.15, 0.2) is 0 Å². The minimum absolute atomic E-state index is 0.0770. The molecule has 0 saturated carbocycles. The monoisotopic (exact) mass is 387 g/mol. The number of ether oxygens (including phenoxy) is 1. The summed E-state index contributed by atoms with van der Waals surface area (Å²) in [5.41, 5.74) is 2.19. The van der Waals surface area contributed by atoms with E-state index in [1.165, 1.54) is 12.1 Å². The van der Waals surface area contributed by atoms with E-state index >= 15 is 0 Å². The van der Waals surface area contributed by atoms with Gasteiger partial charge in [0.2, 0.25) is 0 Å². The second-order valence-electron chi connectivity index (χ2n) is 6.51. The normalized spacial score (nSPS) is 12.6. The fourth-order valence-corrected chi connectivity index (χ4v) is 3.00. The van der Waals surface area contributed by atoms with E-state index in [2.05, 4.69) is 0 Å². The van der Waals surface area contributed by atoms with Crippen LogP contribution in [0.4, 0.5) is 0 Å². The van der Waals surface area contributed by atoms with Crippen molar-refractivity contribution in [3.05, 3.63) is 101 Å². The number of fused-ring (bicyclic) bond motifs is 1. The number of hydrogen-bond donors (Lipinski definition) is 0. The van der Waals surface area contributed by atoms with E-state index in [1.807, 2.05) is 30.3 Å². The standard InChI is InChI=1S/C23H17NO5/c25-21(29-24-22(26)19-8-4-5-9-20(19)23(24)27)14-16-10-12-18(13-11-16)28-15-17-6-2-1-3-7-17/h1-13H,14-15H2. The average molecular weight is 387 g/mol. The van der Waals surface area contributed by atoms with Crippen LogP contribution in [0.15, 0.2) is 78.9 Å².